The van der Waals surface area contributed by atoms with Gasteiger partial charge < -0.3 is 4.74 Å². The van der Waals surface area contributed by atoms with Crippen LogP contribution in [0.2, 0.25) is 0 Å². The Morgan fingerprint density at radius 3 is 2.42 bits per heavy atom. The Kier molecular flexibility index (Phi) is 6.27. The zero-order valence-electron chi connectivity index (χ0n) is 18.8. The van der Waals surface area contributed by atoms with Gasteiger partial charge in [-0.25, -0.2) is 4.79 Å². The molecule has 0 N–H and O–H groups in total. The maximum atomic E-state index is 12.7. The highest BCUT2D eigenvalue weighted by molar-refractivity contribution is 5.87. The third kappa shape index (κ3) is 4.90. The first-order chi connectivity index (χ1) is 14.9. The summed E-state index contributed by atoms with van der Waals surface area (Å²) in [7, 11) is 0. The van der Waals surface area contributed by atoms with E-state index in [1.807, 2.05) is 36.4 Å². The summed E-state index contributed by atoms with van der Waals surface area (Å²) in [5.74, 6) is 0.612. The van der Waals surface area contributed by atoms with Crippen molar-refractivity contribution in [2.45, 2.75) is 51.6 Å². The number of benzene rings is 3. The van der Waals surface area contributed by atoms with E-state index in [-0.39, 0.29) is 17.5 Å². The van der Waals surface area contributed by atoms with Crippen LogP contribution in [-0.4, -0.2) is 12.1 Å². The molecule has 31 heavy (non-hydrogen) atoms. The molecule has 3 aromatic rings. The van der Waals surface area contributed by atoms with Crippen LogP contribution in [-0.2, 0) is 14.9 Å². The predicted octanol–water partition coefficient (Wildman–Crippen LogP) is 7.18. The van der Waals surface area contributed by atoms with Gasteiger partial charge in [-0.15, -0.1) is 0 Å². The molecule has 3 aromatic carbocycles. The van der Waals surface area contributed by atoms with Crippen LogP contribution in [0.3, 0.4) is 0 Å². The molecule has 0 heterocycles. The van der Waals surface area contributed by atoms with Crippen molar-refractivity contribution in [3.8, 4) is 0 Å². The first kappa shape index (κ1) is 21.4. The Labute approximate surface area is 185 Å². The summed E-state index contributed by atoms with van der Waals surface area (Å²) in [6, 6.07) is 25.1. The highest BCUT2D eigenvalue weighted by atomic mass is 16.5. The van der Waals surface area contributed by atoms with Crippen molar-refractivity contribution in [1.29, 1.82) is 0 Å². The summed E-state index contributed by atoms with van der Waals surface area (Å²) in [6.45, 7) is 6.87. The molecular weight excluding hydrogens is 380 g/mol. The van der Waals surface area contributed by atoms with Crippen LogP contribution < -0.4 is 0 Å². The molecule has 1 aliphatic rings. The van der Waals surface area contributed by atoms with E-state index in [0.717, 1.165) is 18.4 Å². The second kappa shape index (κ2) is 9.09. The molecule has 160 valence electrons. The summed E-state index contributed by atoms with van der Waals surface area (Å²) in [4.78, 5) is 12.7. The molecule has 2 nitrogen and oxygen atoms in total. The van der Waals surface area contributed by atoms with Gasteiger partial charge in [0.15, 0.2) is 0 Å². The number of hydrogen-bond donors (Lipinski definition) is 0. The minimum absolute atomic E-state index is 0.0712. The largest absolute Gasteiger partial charge is 0.459 e. The molecule has 2 heteroatoms. The molecule has 0 radical (unpaired) electrons. The molecule has 1 aliphatic carbocycles. The molecule has 4 rings (SSSR count). The van der Waals surface area contributed by atoms with Gasteiger partial charge in [0.05, 0.1) is 0 Å². The molecule has 0 spiro atoms. The lowest BCUT2D eigenvalue weighted by atomic mass is 9.64. The van der Waals surface area contributed by atoms with E-state index in [1.165, 1.54) is 22.8 Å². The van der Waals surface area contributed by atoms with Gasteiger partial charge in [0.1, 0.15) is 6.10 Å². The van der Waals surface area contributed by atoms with Gasteiger partial charge in [0.2, 0.25) is 0 Å². The number of ether oxygens (including phenoxy) is 1. The molecule has 1 fully saturated rings. The minimum Gasteiger partial charge on any atom is -0.459 e. The van der Waals surface area contributed by atoms with Crippen molar-refractivity contribution in [3.05, 3.63) is 90.0 Å². The molecule has 3 atom stereocenters. The molecule has 0 aromatic heterocycles. The molecule has 0 bridgehead atoms. The van der Waals surface area contributed by atoms with Crippen LogP contribution in [0.25, 0.3) is 16.8 Å². The normalized spacial score (nSPS) is 22.0. The smallest absolute Gasteiger partial charge is 0.331 e. The first-order valence-electron chi connectivity index (χ1n) is 11.4. The third-order valence-electron chi connectivity index (χ3n) is 6.95. The van der Waals surface area contributed by atoms with Gasteiger partial charge >= 0.3 is 5.97 Å². The van der Waals surface area contributed by atoms with E-state index in [9.17, 15) is 4.79 Å². The van der Waals surface area contributed by atoms with Crippen molar-refractivity contribution >= 4 is 22.8 Å². The average Bonchev–Trinajstić information content (AvgIpc) is 2.78. The van der Waals surface area contributed by atoms with E-state index >= 15 is 0 Å². The third-order valence-corrected chi connectivity index (χ3v) is 6.95. The van der Waals surface area contributed by atoms with E-state index in [4.69, 9.17) is 4.74 Å². The second-order valence-electron chi connectivity index (χ2n) is 9.53. The summed E-state index contributed by atoms with van der Waals surface area (Å²) in [5.41, 5.74) is 2.23. The van der Waals surface area contributed by atoms with Gasteiger partial charge in [-0.3, -0.25) is 0 Å². The minimum atomic E-state index is -0.248. The van der Waals surface area contributed by atoms with Crippen molar-refractivity contribution in [3.63, 3.8) is 0 Å². The Bertz CT molecular complexity index is 1060. The van der Waals surface area contributed by atoms with Gasteiger partial charge in [-0.1, -0.05) is 100.0 Å². The summed E-state index contributed by atoms with van der Waals surface area (Å²) in [6.07, 6.45) is 6.49. The number of fused-ring (bicyclic) bond motifs is 1. The van der Waals surface area contributed by atoms with E-state index < -0.39 is 0 Å². The highest BCUT2D eigenvalue weighted by Crippen LogP contribution is 2.44. The first-order valence-corrected chi connectivity index (χ1v) is 11.4. The number of carbonyl (C=O) groups is 1. The number of rotatable bonds is 5. The molecular formula is C29H32O2. The maximum absolute atomic E-state index is 12.7. The zero-order valence-corrected chi connectivity index (χ0v) is 18.8. The maximum Gasteiger partial charge on any atom is 0.331 e. The zero-order chi connectivity index (χ0) is 21.8. The fourth-order valence-electron chi connectivity index (χ4n) is 5.01. The van der Waals surface area contributed by atoms with Crippen molar-refractivity contribution in [2.24, 2.45) is 11.8 Å². The lowest BCUT2D eigenvalue weighted by Crippen LogP contribution is -2.43. The Morgan fingerprint density at radius 2 is 1.65 bits per heavy atom. The lowest BCUT2D eigenvalue weighted by molar-refractivity contribution is -0.150. The SMILES string of the molecule is CC1CCC(C(C)(C)c2ccc3ccccc3c2)C(OC(=O)/C=C/c2ccccc2)C1. The standard InChI is InChI=1S/C29H32O2/c1-21-13-17-26(27(19-21)31-28(30)18-14-22-9-5-4-6-10-22)29(2,3)25-16-15-23-11-7-8-12-24(23)20-25/h4-12,14-16,18,20-21,26-27H,13,17,19H2,1-3H3/b18-14+. The van der Waals surface area contributed by atoms with Crippen LogP contribution in [0.5, 0.6) is 0 Å². The monoisotopic (exact) mass is 412 g/mol. The topological polar surface area (TPSA) is 26.3 Å². The fourth-order valence-corrected chi connectivity index (χ4v) is 5.01. The summed E-state index contributed by atoms with van der Waals surface area (Å²) in [5, 5.41) is 2.52. The van der Waals surface area contributed by atoms with Crippen LogP contribution >= 0.6 is 0 Å². The Morgan fingerprint density at radius 1 is 0.935 bits per heavy atom. The second-order valence-corrected chi connectivity index (χ2v) is 9.53. The average molecular weight is 413 g/mol. The van der Waals surface area contributed by atoms with Gasteiger partial charge in [0, 0.05) is 12.0 Å². The van der Waals surface area contributed by atoms with E-state index in [0.29, 0.717) is 11.8 Å². The van der Waals surface area contributed by atoms with E-state index in [2.05, 4.69) is 63.2 Å². The van der Waals surface area contributed by atoms with Crippen LogP contribution in [0.15, 0.2) is 78.9 Å². The van der Waals surface area contributed by atoms with Crippen LogP contribution in [0, 0.1) is 11.8 Å². The molecule has 1 saturated carbocycles. The van der Waals surface area contributed by atoms with Gasteiger partial charge in [-0.2, -0.15) is 0 Å². The summed E-state index contributed by atoms with van der Waals surface area (Å²) < 4.78 is 6.07. The van der Waals surface area contributed by atoms with Crippen molar-refractivity contribution in [2.75, 3.05) is 0 Å². The van der Waals surface area contributed by atoms with Gasteiger partial charge in [-0.05, 0) is 52.1 Å². The molecule has 0 saturated heterocycles. The number of hydrogen-bond acceptors (Lipinski definition) is 2. The molecule has 0 aliphatic heterocycles. The summed E-state index contributed by atoms with van der Waals surface area (Å²) >= 11 is 0. The van der Waals surface area contributed by atoms with E-state index in [1.54, 1.807) is 6.08 Å². The van der Waals surface area contributed by atoms with Crippen LogP contribution in [0.1, 0.15) is 51.2 Å². The Hall–Kier alpha value is -2.87. The Balaban J connectivity index is 1.55. The highest BCUT2D eigenvalue weighted by Gasteiger charge is 2.41. The quantitative estimate of drug-likeness (QED) is 0.328. The predicted molar refractivity (Wildman–Crippen MR) is 129 cm³/mol. The fraction of sp³-hybridized carbons (Fsp3) is 0.345. The molecule has 0 amide bonds. The number of carbonyl (C=O) groups excluding carboxylic acids is 1. The lowest BCUT2D eigenvalue weighted by Gasteiger charge is -2.44. The van der Waals surface area contributed by atoms with Gasteiger partial charge in [0.25, 0.3) is 0 Å². The van der Waals surface area contributed by atoms with Crippen LogP contribution in [0.4, 0.5) is 0 Å². The molecule has 3 unspecified atom stereocenters. The van der Waals surface area contributed by atoms with Crippen molar-refractivity contribution < 1.29 is 9.53 Å². The van der Waals surface area contributed by atoms with Crippen molar-refractivity contribution in [1.82, 2.24) is 0 Å². The number of esters is 1.